The zero-order chi connectivity index (χ0) is 21.3. The van der Waals surface area contributed by atoms with Crippen LogP contribution in [0.2, 0.25) is 5.02 Å². The molecule has 0 saturated carbocycles. The second kappa shape index (κ2) is 8.36. The van der Waals surface area contributed by atoms with E-state index in [2.05, 4.69) is 20.7 Å². The van der Waals surface area contributed by atoms with Crippen LogP contribution in [0.3, 0.4) is 0 Å². The number of benzene rings is 2. The van der Waals surface area contributed by atoms with Gasteiger partial charge in [0, 0.05) is 10.9 Å². The summed E-state index contributed by atoms with van der Waals surface area (Å²) in [6, 6.07) is 15.7. The van der Waals surface area contributed by atoms with Crippen LogP contribution >= 0.6 is 11.6 Å². The number of anilines is 2. The zero-order valence-corrected chi connectivity index (χ0v) is 17.8. The van der Waals surface area contributed by atoms with Crippen molar-refractivity contribution in [3.63, 3.8) is 0 Å². The van der Waals surface area contributed by atoms with Gasteiger partial charge in [-0.3, -0.25) is 10.1 Å². The summed E-state index contributed by atoms with van der Waals surface area (Å²) in [4.78, 5) is 16.7. The highest BCUT2D eigenvalue weighted by Gasteiger charge is 2.31. The maximum Gasteiger partial charge on any atom is 0.250 e. The summed E-state index contributed by atoms with van der Waals surface area (Å²) in [6.07, 6.45) is 0.766. The van der Waals surface area contributed by atoms with Gasteiger partial charge in [-0.05, 0) is 41.8 Å². The summed E-state index contributed by atoms with van der Waals surface area (Å²) in [5, 5.41) is 11.5. The maximum atomic E-state index is 12.1. The SMILES string of the molecule is COc1ccc(C2CC(c3ccc(Cl)cc3)Nc3nc(NC(=O)C(C)C)nn32)cc1. The van der Waals surface area contributed by atoms with Crippen LogP contribution in [0.25, 0.3) is 0 Å². The Hall–Kier alpha value is -3.06. The van der Waals surface area contributed by atoms with Gasteiger partial charge in [0.15, 0.2) is 0 Å². The number of carbonyl (C=O) groups is 1. The van der Waals surface area contributed by atoms with E-state index in [1.54, 1.807) is 7.11 Å². The predicted molar refractivity (Wildman–Crippen MR) is 117 cm³/mol. The summed E-state index contributed by atoms with van der Waals surface area (Å²) in [5.41, 5.74) is 2.20. The number of aromatic nitrogens is 3. The smallest absolute Gasteiger partial charge is 0.250 e. The number of amides is 1. The molecule has 1 aliphatic heterocycles. The lowest BCUT2D eigenvalue weighted by molar-refractivity contribution is -0.118. The van der Waals surface area contributed by atoms with Crippen molar-refractivity contribution in [2.45, 2.75) is 32.4 Å². The fourth-order valence-corrected chi connectivity index (χ4v) is 3.63. The van der Waals surface area contributed by atoms with Gasteiger partial charge in [-0.15, -0.1) is 5.10 Å². The van der Waals surface area contributed by atoms with Crippen molar-refractivity contribution in [3.8, 4) is 5.75 Å². The van der Waals surface area contributed by atoms with Gasteiger partial charge < -0.3 is 10.1 Å². The summed E-state index contributed by atoms with van der Waals surface area (Å²) in [6.45, 7) is 3.67. The molecule has 0 aliphatic carbocycles. The first kappa shape index (κ1) is 20.2. The van der Waals surface area contributed by atoms with Crippen LogP contribution in [-0.4, -0.2) is 27.8 Å². The first-order chi connectivity index (χ1) is 14.4. The Morgan fingerprint density at radius 3 is 2.47 bits per heavy atom. The molecule has 0 radical (unpaired) electrons. The van der Waals surface area contributed by atoms with Crippen molar-refractivity contribution in [3.05, 3.63) is 64.7 Å². The zero-order valence-electron chi connectivity index (χ0n) is 17.1. The average molecular weight is 426 g/mol. The molecule has 2 unspecified atom stereocenters. The molecule has 1 aromatic heterocycles. The topological polar surface area (TPSA) is 81.1 Å². The Labute approximate surface area is 180 Å². The molecule has 0 fully saturated rings. The molecule has 7 nitrogen and oxygen atoms in total. The highest BCUT2D eigenvalue weighted by molar-refractivity contribution is 6.30. The van der Waals surface area contributed by atoms with E-state index in [1.807, 2.05) is 67.1 Å². The molecule has 1 amide bonds. The molecule has 1 aliphatic rings. The Bertz CT molecular complexity index is 1030. The van der Waals surface area contributed by atoms with E-state index in [0.29, 0.717) is 16.9 Å². The van der Waals surface area contributed by atoms with E-state index >= 15 is 0 Å². The molecule has 2 aromatic carbocycles. The lowest BCUT2D eigenvalue weighted by Gasteiger charge is -2.31. The van der Waals surface area contributed by atoms with Crippen molar-refractivity contribution >= 4 is 29.4 Å². The van der Waals surface area contributed by atoms with Crippen LogP contribution in [0, 0.1) is 5.92 Å². The first-order valence-electron chi connectivity index (χ1n) is 9.88. The minimum Gasteiger partial charge on any atom is -0.497 e. The minimum atomic E-state index is -0.155. The fourth-order valence-electron chi connectivity index (χ4n) is 3.50. The number of nitrogens with one attached hydrogen (secondary N) is 2. The van der Waals surface area contributed by atoms with E-state index in [0.717, 1.165) is 23.3 Å². The maximum absolute atomic E-state index is 12.1. The number of fused-ring (bicyclic) bond motifs is 1. The Balaban J connectivity index is 1.70. The number of carbonyl (C=O) groups excluding carboxylic acids is 1. The molecule has 156 valence electrons. The van der Waals surface area contributed by atoms with Gasteiger partial charge in [-0.2, -0.15) is 4.98 Å². The van der Waals surface area contributed by atoms with Gasteiger partial charge in [0.1, 0.15) is 5.75 Å². The van der Waals surface area contributed by atoms with E-state index in [1.165, 1.54) is 0 Å². The molecule has 0 spiro atoms. The lowest BCUT2D eigenvalue weighted by Crippen LogP contribution is -2.28. The van der Waals surface area contributed by atoms with Crippen LogP contribution in [0.4, 0.5) is 11.9 Å². The Kier molecular flexibility index (Phi) is 5.63. The van der Waals surface area contributed by atoms with Crippen molar-refractivity contribution in [1.29, 1.82) is 0 Å². The van der Waals surface area contributed by atoms with Crippen molar-refractivity contribution in [2.75, 3.05) is 17.7 Å². The van der Waals surface area contributed by atoms with Gasteiger partial charge in [0.05, 0.1) is 19.2 Å². The predicted octanol–water partition coefficient (Wildman–Crippen LogP) is 4.68. The highest BCUT2D eigenvalue weighted by atomic mass is 35.5. The standard InChI is InChI=1S/C22H24ClN5O2/c1-13(2)20(29)25-21-26-22-24-18(14-4-8-16(23)9-5-14)12-19(28(22)27-21)15-6-10-17(30-3)11-7-15/h4-11,13,18-19H,12H2,1-3H3,(H2,24,25,26,27,29). The van der Waals surface area contributed by atoms with Crippen molar-refractivity contribution in [1.82, 2.24) is 14.8 Å². The number of hydrogen-bond acceptors (Lipinski definition) is 5. The largest absolute Gasteiger partial charge is 0.497 e. The molecule has 2 heterocycles. The van der Waals surface area contributed by atoms with Gasteiger partial charge in [0.2, 0.25) is 11.9 Å². The van der Waals surface area contributed by atoms with Crippen molar-refractivity contribution < 1.29 is 9.53 Å². The molecule has 0 saturated heterocycles. The summed E-state index contributed by atoms with van der Waals surface area (Å²) in [5.74, 6) is 1.43. The minimum absolute atomic E-state index is 0.0275. The van der Waals surface area contributed by atoms with Crippen LogP contribution in [0.1, 0.15) is 43.5 Å². The third-order valence-electron chi connectivity index (χ3n) is 5.22. The van der Waals surface area contributed by atoms with Gasteiger partial charge in [-0.25, -0.2) is 4.68 Å². The van der Waals surface area contributed by atoms with Gasteiger partial charge >= 0.3 is 0 Å². The molecule has 3 aromatic rings. The monoisotopic (exact) mass is 425 g/mol. The third-order valence-corrected chi connectivity index (χ3v) is 5.47. The normalized spacial score (nSPS) is 17.9. The highest BCUT2D eigenvalue weighted by Crippen LogP contribution is 2.38. The molecule has 4 rings (SSSR count). The van der Waals surface area contributed by atoms with Gasteiger partial charge in [-0.1, -0.05) is 49.7 Å². The molecule has 0 bridgehead atoms. The van der Waals surface area contributed by atoms with Crippen LogP contribution in [0.5, 0.6) is 5.75 Å². The van der Waals surface area contributed by atoms with Crippen molar-refractivity contribution in [2.24, 2.45) is 5.92 Å². The average Bonchev–Trinajstić information content (AvgIpc) is 3.16. The van der Waals surface area contributed by atoms with Crippen LogP contribution < -0.4 is 15.4 Å². The Morgan fingerprint density at radius 2 is 1.83 bits per heavy atom. The van der Waals surface area contributed by atoms with Crippen LogP contribution in [-0.2, 0) is 4.79 Å². The summed E-state index contributed by atoms with van der Waals surface area (Å²) >= 11 is 6.06. The number of halogens is 1. The van der Waals surface area contributed by atoms with E-state index < -0.39 is 0 Å². The second-order valence-electron chi connectivity index (χ2n) is 7.62. The van der Waals surface area contributed by atoms with E-state index in [-0.39, 0.29) is 23.9 Å². The first-order valence-corrected chi connectivity index (χ1v) is 10.3. The number of ether oxygens (including phenoxy) is 1. The molecule has 2 atom stereocenters. The molecule has 2 N–H and O–H groups in total. The molecular weight excluding hydrogens is 402 g/mol. The van der Waals surface area contributed by atoms with E-state index in [9.17, 15) is 4.79 Å². The molecule has 8 heteroatoms. The number of nitrogens with zero attached hydrogens (tertiary/aromatic N) is 3. The third kappa shape index (κ3) is 4.11. The Morgan fingerprint density at radius 1 is 1.17 bits per heavy atom. The second-order valence-corrected chi connectivity index (χ2v) is 8.06. The quantitative estimate of drug-likeness (QED) is 0.620. The van der Waals surface area contributed by atoms with Crippen LogP contribution in [0.15, 0.2) is 48.5 Å². The van der Waals surface area contributed by atoms with Gasteiger partial charge in [0.25, 0.3) is 5.95 Å². The number of methoxy groups -OCH3 is 1. The van der Waals surface area contributed by atoms with E-state index in [4.69, 9.17) is 16.3 Å². The number of hydrogen-bond donors (Lipinski definition) is 2. The summed E-state index contributed by atoms with van der Waals surface area (Å²) < 4.78 is 7.13. The molecular formula is C22H24ClN5O2. The molecule has 30 heavy (non-hydrogen) atoms. The number of rotatable bonds is 5. The summed E-state index contributed by atoms with van der Waals surface area (Å²) in [7, 11) is 1.65. The lowest BCUT2D eigenvalue weighted by atomic mass is 9.93. The fraction of sp³-hybridized carbons (Fsp3) is 0.318.